The van der Waals surface area contributed by atoms with Gasteiger partial charge < -0.3 is 15.3 Å². The molecular formula is C10H14N3O2+. The summed E-state index contributed by atoms with van der Waals surface area (Å²) >= 11 is 0. The highest BCUT2D eigenvalue weighted by Crippen LogP contribution is 2.01. The maximum atomic E-state index is 11.4. The zero-order valence-electron chi connectivity index (χ0n) is 9.33. The fourth-order valence-electron chi connectivity index (χ4n) is 1.50. The Morgan fingerprint density at radius 2 is 2.33 bits per heavy atom. The highest BCUT2D eigenvalue weighted by Gasteiger charge is 2.19. The molecule has 1 aromatic heterocycles. The van der Waals surface area contributed by atoms with E-state index in [0.717, 1.165) is 5.31 Å². The van der Waals surface area contributed by atoms with Crippen LogP contribution in [0, 0.1) is 0 Å². The van der Waals surface area contributed by atoms with Crippen LogP contribution in [-0.4, -0.2) is 35.7 Å². The lowest BCUT2D eigenvalue weighted by Crippen LogP contribution is -2.41. The van der Waals surface area contributed by atoms with Crippen LogP contribution >= 0.6 is 0 Å². The lowest BCUT2D eigenvalue weighted by atomic mass is 10.4. The van der Waals surface area contributed by atoms with Gasteiger partial charge in [-0.15, -0.1) is 0 Å². The molecule has 2 heterocycles. The van der Waals surface area contributed by atoms with Gasteiger partial charge in [-0.25, -0.2) is 9.36 Å². The van der Waals surface area contributed by atoms with Crippen molar-refractivity contribution in [3.8, 4) is 5.75 Å². The topological polar surface area (TPSA) is 56.4 Å². The smallest absolute Gasteiger partial charge is 0.317 e. The van der Waals surface area contributed by atoms with Crippen molar-refractivity contribution < 1.29 is 15.9 Å². The van der Waals surface area contributed by atoms with E-state index >= 15 is 0 Å². The van der Waals surface area contributed by atoms with E-state index in [9.17, 15) is 4.79 Å². The Morgan fingerprint density at radius 3 is 2.93 bits per heavy atom. The van der Waals surface area contributed by atoms with Gasteiger partial charge in [0.25, 0.3) is 0 Å². The number of aromatic nitrogens is 1. The predicted octanol–water partition coefficient (Wildman–Crippen LogP) is -0.295. The average Bonchev–Trinajstić information content (AvgIpc) is 2.60. The van der Waals surface area contributed by atoms with E-state index in [1.165, 1.54) is 0 Å². The Hall–Kier alpha value is -1.78. The number of rotatable bonds is 3. The van der Waals surface area contributed by atoms with Gasteiger partial charge in [-0.1, -0.05) is 0 Å². The van der Waals surface area contributed by atoms with Gasteiger partial charge in [0.2, 0.25) is 0 Å². The molecule has 0 bridgehead atoms. The van der Waals surface area contributed by atoms with E-state index in [1.54, 1.807) is 29.4 Å². The van der Waals surface area contributed by atoms with Gasteiger partial charge >= 0.3 is 6.03 Å². The number of pyridine rings is 1. The molecule has 2 rings (SSSR count). The number of carbonyl (C=O) groups excluding carboxylic acids is 1. The number of hydrogen-bond donors (Lipinski definition) is 2. The SMILES string of the molecule is [2H]N1CCN(CC[n+]2ccc(O)cc2)C1=O. The molecule has 1 aromatic rings. The maximum Gasteiger partial charge on any atom is 0.317 e. The van der Waals surface area contributed by atoms with Gasteiger partial charge in [0.15, 0.2) is 20.4 Å². The average molecular weight is 209 g/mol. The summed E-state index contributed by atoms with van der Waals surface area (Å²) in [6.45, 7) is 2.34. The minimum atomic E-state index is -0.237. The molecule has 0 aromatic carbocycles. The summed E-state index contributed by atoms with van der Waals surface area (Å²) in [7, 11) is 0. The summed E-state index contributed by atoms with van der Waals surface area (Å²) < 4.78 is 9.17. The molecule has 2 amide bonds. The summed E-state index contributed by atoms with van der Waals surface area (Å²) in [6, 6.07) is 2.96. The van der Waals surface area contributed by atoms with Crippen molar-refractivity contribution >= 4 is 6.03 Å². The third kappa shape index (κ3) is 2.37. The second-order valence-electron chi connectivity index (χ2n) is 3.45. The molecule has 1 aliphatic rings. The molecule has 1 saturated heterocycles. The molecule has 0 spiro atoms. The zero-order chi connectivity index (χ0) is 11.5. The molecule has 2 N–H and O–H groups in total. The van der Waals surface area contributed by atoms with Crippen LogP contribution in [0.4, 0.5) is 4.79 Å². The molecule has 0 radical (unpaired) electrons. The van der Waals surface area contributed by atoms with Crippen LogP contribution < -0.4 is 9.88 Å². The van der Waals surface area contributed by atoms with E-state index in [-0.39, 0.29) is 11.8 Å². The van der Waals surface area contributed by atoms with Crippen molar-refractivity contribution in [2.75, 3.05) is 19.6 Å². The van der Waals surface area contributed by atoms with Gasteiger partial charge in [-0.3, -0.25) is 0 Å². The van der Waals surface area contributed by atoms with E-state index in [1.807, 2.05) is 4.57 Å². The number of aromatic hydroxyl groups is 1. The quantitative estimate of drug-likeness (QED) is 0.672. The third-order valence-corrected chi connectivity index (χ3v) is 2.39. The summed E-state index contributed by atoms with van der Waals surface area (Å²) in [5.74, 6) is 0.228. The lowest BCUT2D eigenvalue weighted by molar-refractivity contribution is -0.696. The van der Waals surface area contributed by atoms with Crippen LogP contribution in [0.25, 0.3) is 0 Å². The first-order chi connectivity index (χ1) is 7.66. The Balaban J connectivity index is 1.88. The molecule has 0 atom stereocenters. The number of carbonyl (C=O) groups is 1. The first-order valence-corrected chi connectivity index (χ1v) is 4.90. The normalized spacial score (nSPS) is 17.1. The molecule has 0 saturated carbocycles. The minimum absolute atomic E-state index is 0.228. The second kappa shape index (κ2) is 4.16. The van der Waals surface area contributed by atoms with Crippen LogP contribution in [0.3, 0.4) is 0 Å². The van der Waals surface area contributed by atoms with E-state index in [2.05, 4.69) is 0 Å². The van der Waals surface area contributed by atoms with E-state index in [4.69, 9.17) is 6.52 Å². The molecule has 1 aliphatic heterocycles. The first kappa shape index (κ1) is 8.52. The van der Waals surface area contributed by atoms with Crippen LogP contribution in [0.5, 0.6) is 5.75 Å². The maximum absolute atomic E-state index is 11.4. The molecular weight excluding hydrogens is 194 g/mol. The molecule has 80 valence electrons. The van der Waals surface area contributed by atoms with Crippen molar-refractivity contribution in [1.29, 1.82) is 0 Å². The third-order valence-electron chi connectivity index (χ3n) is 2.39. The van der Waals surface area contributed by atoms with Gasteiger partial charge in [0, 0.05) is 25.2 Å². The van der Waals surface area contributed by atoms with E-state index < -0.39 is 0 Å². The first-order valence-electron chi connectivity index (χ1n) is 5.35. The van der Waals surface area contributed by atoms with Crippen molar-refractivity contribution in [2.24, 2.45) is 0 Å². The summed E-state index contributed by atoms with van der Waals surface area (Å²) in [5.41, 5.74) is 0. The lowest BCUT2D eigenvalue weighted by Gasteiger charge is -2.10. The van der Waals surface area contributed by atoms with Gasteiger partial charge in [-0.2, -0.15) is 0 Å². The number of nitrogens with one attached hydrogen (secondary N) is 1. The van der Waals surface area contributed by atoms with Crippen molar-refractivity contribution in [3.63, 3.8) is 0 Å². The number of nitrogens with zero attached hydrogens (tertiary/aromatic N) is 2. The molecule has 5 nitrogen and oxygen atoms in total. The van der Waals surface area contributed by atoms with Crippen LogP contribution in [0.15, 0.2) is 24.5 Å². The fourth-order valence-corrected chi connectivity index (χ4v) is 1.50. The van der Waals surface area contributed by atoms with E-state index in [0.29, 0.717) is 26.2 Å². The zero-order valence-corrected chi connectivity index (χ0v) is 8.33. The number of amides is 2. The monoisotopic (exact) mass is 209 g/mol. The van der Waals surface area contributed by atoms with Crippen LogP contribution in [-0.2, 0) is 6.54 Å². The highest BCUT2D eigenvalue weighted by atomic mass is 16.3. The van der Waals surface area contributed by atoms with Crippen molar-refractivity contribution in [1.82, 2.24) is 10.2 Å². The number of urea groups is 1. The Labute approximate surface area is 89.4 Å². The standard InChI is InChI=1S/C10H13N3O2/c14-9-1-4-12(5-2-9)7-8-13-6-3-11-10(13)15/h1-2,4-5H,3,6-8H2,(H,11,15)/p+1/i/hD. The highest BCUT2D eigenvalue weighted by molar-refractivity contribution is 5.76. The van der Waals surface area contributed by atoms with Crippen molar-refractivity contribution in [2.45, 2.75) is 6.54 Å². The number of hydrogen-bond acceptors (Lipinski definition) is 2. The second-order valence-corrected chi connectivity index (χ2v) is 3.45. The molecule has 15 heavy (non-hydrogen) atoms. The summed E-state index contributed by atoms with van der Waals surface area (Å²) in [6.07, 6.45) is 3.52. The van der Waals surface area contributed by atoms with Crippen LogP contribution in [0.2, 0.25) is 1.41 Å². The Kier molecular flexibility index (Phi) is 2.37. The van der Waals surface area contributed by atoms with Crippen LogP contribution in [0.1, 0.15) is 0 Å². The fraction of sp³-hybridized carbons (Fsp3) is 0.400. The van der Waals surface area contributed by atoms with Gasteiger partial charge in [0.1, 0.15) is 5.75 Å². The Bertz CT molecular complexity index is 382. The molecule has 1 fully saturated rings. The summed E-state index contributed by atoms with van der Waals surface area (Å²) in [4.78, 5) is 13.0. The van der Waals surface area contributed by atoms with Crippen molar-refractivity contribution in [3.05, 3.63) is 24.5 Å². The van der Waals surface area contributed by atoms with Gasteiger partial charge in [-0.05, 0) is 0 Å². The Morgan fingerprint density at radius 1 is 1.60 bits per heavy atom. The summed E-state index contributed by atoms with van der Waals surface area (Å²) in [5, 5.41) is 10.1. The molecule has 0 aliphatic carbocycles. The largest absolute Gasteiger partial charge is 0.507 e. The predicted molar refractivity (Wildman–Crippen MR) is 53.3 cm³/mol. The minimum Gasteiger partial charge on any atom is -0.507 e. The molecule has 0 unspecified atom stereocenters. The van der Waals surface area contributed by atoms with Gasteiger partial charge in [0.05, 0.1) is 6.54 Å². The molecule has 5 heteroatoms.